The molecule has 0 aromatic carbocycles. The summed E-state index contributed by atoms with van der Waals surface area (Å²) in [5, 5.41) is 0. The van der Waals surface area contributed by atoms with Gasteiger partial charge in [-0.25, -0.2) is 0 Å². The summed E-state index contributed by atoms with van der Waals surface area (Å²) < 4.78 is 53.2. The summed E-state index contributed by atoms with van der Waals surface area (Å²) >= 11 is 0. The third-order valence-electron chi connectivity index (χ3n) is 2.22. The van der Waals surface area contributed by atoms with Crippen LogP contribution in [0.5, 0.6) is 0 Å². The van der Waals surface area contributed by atoms with Gasteiger partial charge in [-0.15, -0.1) is 0 Å². The van der Waals surface area contributed by atoms with Gasteiger partial charge in [0.1, 0.15) is 5.69 Å². The molecule has 4 nitrogen and oxygen atoms in total. The van der Waals surface area contributed by atoms with Gasteiger partial charge in [-0.3, -0.25) is 4.79 Å². The number of amides is 1. The van der Waals surface area contributed by atoms with Crippen molar-refractivity contribution < 1.29 is 22.4 Å². The Morgan fingerprint density at radius 2 is 1.68 bits per heavy atom. The summed E-state index contributed by atoms with van der Waals surface area (Å²) in [6, 6.07) is 0. The van der Waals surface area contributed by atoms with Gasteiger partial charge in [0.2, 0.25) is 17.5 Å². The number of primary amides is 1. The molecule has 0 radical (unpaired) electrons. The van der Waals surface area contributed by atoms with Crippen LogP contribution in [0.25, 0.3) is 0 Å². The topological polar surface area (TPSA) is 59.2 Å². The Kier molecular flexibility index (Phi) is 4.68. The smallest absolute Gasteiger partial charge is 0.253 e. The maximum Gasteiger partial charge on any atom is 0.253 e. The number of pyridine rings is 1. The number of hydrogen-bond donors (Lipinski definition) is 1. The molecule has 1 rings (SSSR count). The van der Waals surface area contributed by atoms with E-state index in [0.717, 1.165) is 4.90 Å². The average molecular weight is 279 g/mol. The summed E-state index contributed by atoms with van der Waals surface area (Å²) in [5.74, 6) is -7.84. The quantitative estimate of drug-likeness (QED) is 0.657. The second kappa shape index (κ2) is 5.85. The zero-order valence-electron chi connectivity index (χ0n) is 10.4. The predicted molar refractivity (Wildman–Crippen MR) is 60.3 cm³/mol. The summed E-state index contributed by atoms with van der Waals surface area (Å²) in [7, 11) is 0. The number of anilines is 1. The number of nitrogens with zero attached hydrogens (tertiary/aromatic N) is 2. The van der Waals surface area contributed by atoms with E-state index >= 15 is 0 Å². The van der Waals surface area contributed by atoms with E-state index in [1.165, 1.54) is 0 Å². The minimum Gasteiger partial charge on any atom is -0.368 e. The fourth-order valence-electron chi connectivity index (χ4n) is 1.62. The molecule has 0 aliphatic heterocycles. The zero-order valence-corrected chi connectivity index (χ0v) is 10.4. The molecule has 0 aliphatic carbocycles. The van der Waals surface area contributed by atoms with Crippen molar-refractivity contribution in [1.82, 2.24) is 4.98 Å². The third-order valence-corrected chi connectivity index (χ3v) is 2.22. The fraction of sp³-hybridized carbons (Fsp3) is 0.455. The van der Waals surface area contributed by atoms with E-state index in [1.807, 2.05) is 0 Å². The number of carbonyl (C=O) groups excluding carboxylic acids is 1. The van der Waals surface area contributed by atoms with Crippen molar-refractivity contribution in [3.05, 3.63) is 23.5 Å². The molecule has 2 N–H and O–H groups in total. The summed E-state index contributed by atoms with van der Waals surface area (Å²) in [6.07, 6.45) is 0. The first-order chi connectivity index (χ1) is 8.73. The molecule has 0 aliphatic rings. The minimum atomic E-state index is -1.77. The Morgan fingerprint density at radius 1 is 1.21 bits per heavy atom. The molecule has 8 heteroatoms. The van der Waals surface area contributed by atoms with Gasteiger partial charge < -0.3 is 10.6 Å². The highest BCUT2D eigenvalue weighted by atomic mass is 19.2. The van der Waals surface area contributed by atoms with Gasteiger partial charge in [0.05, 0.1) is 6.54 Å². The molecular weight excluding hydrogens is 266 g/mol. The van der Waals surface area contributed by atoms with Gasteiger partial charge in [-0.05, 0) is 5.92 Å². The lowest BCUT2D eigenvalue weighted by atomic mass is 10.2. The first-order valence-electron chi connectivity index (χ1n) is 5.47. The van der Waals surface area contributed by atoms with Crippen LogP contribution in [0.2, 0.25) is 0 Å². The van der Waals surface area contributed by atoms with E-state index in [0.29, 0.717) is 0 Å². The Morgan fingerprint density at radius 3 is 2.05 bits per heavy atom. The molecule has 1 heterocycles. The number of rotatable bonds is 5. The van der Waals surface area contributed by atoms with Gasteiger partial charge in [0.25, 0.3) is 11.9 Å². The van der Waals surface area contributed by atoms with Crippen molar-refractivity contribution in [2.45, 2.75) is 13.8 Å². The monoisotopic (exact) mass is 279 g/mol. The molecular formula is C11H13F4N3O. The molecule has 1 aromatic rings. The standard InChI is InChI=1S/C11H13F4N3O/c1-5(2)3-18(4-6(16)19)9-7(12)10(14)17-11(15)8(9)13/h5H,3-4H2,1-2H3,(H2,16,19). The molecule has 1 amide bonds. The molecule has 19 heavy (non-hydrogen) atoms. The predicted octanol–water partition coefficient (Wildman–Crippen LogP) is 1.59. The fourth-order valence-corrected chi connectivity index (χ4v) is 1.62. The van der Waals surface area contributed by atoms with E-state index in [4.69, 9.17) is 5.73 Å². The highest BCUT2D eigenvalue weighted by Gasteiger charge is 2.26. The lowest BCUT2D eigenvalue weighted by Crippen LogP contribution is -2.38. The van der Waals surface area contributed by atoms with Crippen LogP contribution in [0.3, 0.4) is 0 Å². The maximum atomic E-state index is 13.6. The van der Waals surface area contributed by atoms with E-state index < -0.39 is 41.7 Å². The Bertz CT molecular complexity index is 467. The van der Waals surface area contributed by atoms with Crippen molar-refractivity contribution in [2.75, 3.05) is 18.0 Å². The number of nitrogens with two attached hydrogens (primary N) is 1. The molecule has 0 spiro atoms. The molecule has 0 atom stereocenters. The van der Waals surface area contributed by atoms with Crippen LogP contribution in [-0.2, 0) is 4.79 Å². The second-order valence-electron chi connectivity index (χ2n) is 4.41. The number of hydrogen-bond acceptors (Lipinski definition) is 3. The van der Waals surface area contributed by atoms with Gasteiger partial charge in [-0.2, -0.15) is 22.5 Å². The van der Waals surface area contributed by atoms with E-state index in [1.54, 1.807) is 13.8 Å². The summed E-state index contributed by atoms with van der Waals surface area (Å²) in [6.45, 7) is 2.85. The Labute approximate surface area is 107 Å². The maximum absolute atomic E-state index is 13.6. The van der Waals surface area contributed by atoms with Crippen LogP contribution in [0.1, 0.15) is 13.8 Å². The Balaban J connectivity index is 3.32. The first kappa shape index (κ1) is 15.2. The largest absolute Gasteiger partial charge is 0.368 e. The second-order valence-corrected chi connectivity index (χ2v) is 4.41. The molecule has 0 saturated carbocycles. The number of carbonyl (C=O) groups is 1. The number of aromatic nitrogens is 1. The van der Waals surface area contributed by atoms with Gasteiger partial charge in [0, 0.05) is 6.54 Å². The van der Waals surface area contributed by atoms with Crippen LogP contribution >= 0.6 is 0 Å². The lowest BCUT2D eigenvalue weighted by Gasteiger charge is -2.25. The van der Waals surface area contributed by atoms with Crippen molar-refractivity contribution in [1.29, 1.82) is 0 Å². The SMILES string of the molecule is CC(C)CN(CC(N)=O)c1c(F)c(F)nc(F)c1F. The molecule has 106 valence electrons. The zero-order chi connectivity index (χ0) is 14.7. The molecule has 0 fully saturated rings. The number of halogens is 4. The van der Waals surface area contributed by atoms with E-state index in [-0.39, 0.29) is 12.5 Å². The molecule has 0 bridgehead atoms. The van der Waals surface area contributed by atoms with E-state index in [9.17, 15) is 22.4 Å². The van der Waals surface area contributed by atoms with Gasteiger partial charge >= 0.3 is 0 Å². The van der Waals surface area contributed by atoms with Gasteiger partial charge in [0.15, 0.2) is 0 Å². The van der Waals surface area contributed by atoms with Crippen LogP contribution in [0, 0.1) is 29.4 Å². The summed E-state index contributed by atoms with van der Waals surface area (Å²) in [5.41, 5.74) is 3.98. The third kappa shape index (κ3) is 3.55. The van der Waals surface area contributed by atoms with Crippen LogP contribution in [0.15, 0.2) is 0 Å². The minimum absolute atomic E-state index is 0.000324. The van der Waals surface area contributed by atoms with E-state index in [2.05, 4.69) is 4.98 Å². The molecule has 0 saturated heterocycles. The van der Waals surface area contributed by atoms with Gasteiger partial charge in [-0.1, -0.05) is 13.8 Å². The summed E-state index contributed by atoms with van der Waals surface area (Å²) in [4.78, 5) is 14.2. The first-order valence-corrected chi connectivity index (χ1v) is 5.47. The van der Waals surface area contributed by atoms with Crippen molar-refractivity contribution in [3.63, 3.8) is 0 Å². The van der Waals surface area contributed by atoms with Crippen LogP contribution in [-0.4, -0.2) is 24.0 Å². The highest BCUT2D eigenvalue weighted by Crippen LogP contribution is 2.26. The lowest BCUT2D eigenvalue weighted by molar-refractivity contribution is -0.116. The Hall–Kier alpha value is -1.86. The normalized spacial score (nSPS) is 10.9. The van der Waals surface area contributed by atoms with Crippen molar-refractivity contribution in [3.8, 4) is 0 Å². The van der Waals surface area contributed by atoms with Crippen molar-refractivity contribution >= 4 is 11.6 Å². The molecule has 0 unspecified atom stereocenters. The van der Waals surface area contributed by atoms with Crippen LogP contribution in [0.4, 0.5) is 23.2 Å². The highest BCUT2D eigenvalue weighted by molar-refractivity contribution is 5.79. The van der Waals surface area contributed by atoms with Crippen LogP contribution < -0.4 is 10.6 Å². The molecule has 1 aromatic heterocycles. The van der Waals surface area contributed by atoms with Crippen molar-refractivity contribution in [2.24, 2.45) is 11.7 Å². The average Bonchev–Trinajstić information content (AvgIpc) is 2.25.